The number of methoxy groups -OCH3 is 1. The number of nitrogens with zero attached hydrogens (tertiary/aromatic N) is 2. The third kappa shape index (κ3) is 4.33. The maximum atomic E-state index is 12.5. The van der Waals surface area contributed by atoms with Crippen molar-refractivity contribution in [3.63, 3.8) is 0 Å². The summed E-state index contributed by atoms with van der Waals surface area (Å²) >= 11 is 0. The molecule has 9 nitrogen and oxygen atoms in total. The van der Waals surface area contributed by atoms with Crippen molar-refractivity contribution < 1.29 is 22.4 Å². The van der Waals surface area contributed by atoms with Crippen molar-refractivity contribution in [1.82, 2.24) is 9.97 Å². The second-order valence-electron chi connectivity index (χ2n) is 6.59. The highest BCUT2D eigenvalue weighted by atomic mass is 32.2. The van der Waals surface area contributed by atoms with Crippen LogP contribution in [0, 0.1) is 6.92 Å². The molecule has 2 aromatic carbocycles. The molecule has 0 saturated heterocycles. The summed E-state index contributed by atoms with van der Waals surface area (Å²) in [4.78, 5) is 20.5. The molecule has 31 heavy (non-hydrogen) atoms. The summed E-state index contributed by atoms with van der Waals surface area (Å²) < 4.78 is 38.2. The van der Waals surface area contributed by atoms with Gasteiger partial charge in [0, 0.05) is 23.0 Å². The van der Waals surface area contributed by atoms with Gasteiger partial charge in [0.1, 0.15) is 0 Å². The Bertz CT molecular complexity index is 1360. The number of carbonyl (C=O) groups excluding carboxylic acids is 1. The van der Waals surface area contributed by atoms with Crippen LogP contribution in [0.4, 0.5) is 11.6 Å². The molecule has 0 aliphatic heterocycles. The van der Waals surface area contributed by atoms with Crippen LogP contribution < -0.4 is 14.8 Å². The van der Waals surface area contributed by atoms with Crippen molar-refractivity contribution in [3.8, 4) is 5.75 Å². The summed E-state index contributed by atoms with van der Waals surface area (Å²) in [5.74, 6) is 0.142. The lowest BCUT2D eigenvalue weighted by atomic mass is 10.2. The fourth-order valence-electron chi connectivity index (χ4n) is 2.90. The minimum atomic E-state index is -3.87. The zero-order valence-corrected chi connectivity index (χ0v) is 17.4. The van der Waals surface area contributed by atoms with Gasteiger partial charge in [-0.15, -0.1) is 0 Å². The molecule has 1 amide bonds. The van der Waals surface area contributed by atoms with E-state index in [9.17, 15) is 13.2 Å². The van der Waals surface area contributed by atoms with Crippen LogP contribution in [0.3, 0.4) is 0 Å². The number of aromatic nitrogens is 2. The van der Waals surface area contributed by atoms with E-state index in [4.69, 9.17) is 9.15 Å². The molecule has 10 heteroatoms. The van der Waals surface area contributed by atoms with Gasteiger partial charge in [0.05, 0.1) is 12.0 Å². The molecule has 0 saturated carbocycles. The standard InChI is InChI=1S/C21H18N4O5S/c1-13-10-11-22-21(23-13)25-31(27,28)16-8-6-15(7-9-16)24-20(26)18-12-14-4-3-5-17(29-2)19(14)30-18/h3-12H,1-2H3,(H,24,26)(H,22,23,25). The van der Waals surface area contributed by atoms with E-state index in [1.165, 1.54) is 37.6 Å². The highest BCUT2D eigenvalue weighted by Gasteiger charge is 2.18. The quantitative estimate of drug-likeness (QED) is 0.471. The molecule has 0 unspecified atom stereocenters. The minimum absolute atomic E-state index is 0.00378. The second kappa shape index (κ2) is 8.07. The molecule has 0 bridgehead atoms. The van der Waals surface area contributed by atoms with Gasteiger partial charge in [0.2, 0.25) is 5.95 Å². The SMILES string of the molecule is COc1cccc2cc(C(=O)Nc3ccc(S(=O)(=O)Nc4nccc(C)n4)cc3)oc12. The summed E-state index contributed by atoms with van der Waals surface area (Å²) in [7, 11) is -2.35. The van der Waals surface area contributed by atoms with Crippen molar-refractivity contribution >= 4 is 38.5 Å². The second-order valence-corrected chi connectivity index (χ2v) is 8.28. The van der Waals surface area contributed by atoms with E-state index in [1.54, 1.807) is 31.2 Å². The molecule has 2 heterocycles. The third-order valence-corrected chi connectivity index (χ3v) is 5.74. The molecule has 2 N–H and O–H groups in total. The van der Waals surface area contributed by atoms with Crippen molar-refractivity contribution in [3.05, 3.63) is 72.2 Å². The monoisotopic (exact) mass is 438 g/mol. The summed E-state index contributed by atoms with van der Waals surface area (Å²) in [6, 6.07) is 14.3. The zero-order chi connectivity index (χ0) is 22.0. The minimum Gasteiger partial charge on any atom is -0.493 e. The summed E-state index contributed by atoms with van der Waals surface area (Å²) in [6.07, 6.45) is 1.46. The maximum absolute atomic E-state index is 12.5. The Balaban J connectivity index is 1.50. The number of benzene rings is 2. The van der Waals surface area contributed by atoms with Crippen LogP contribution in [0.5, 0.6) is 5.75 Å². The highest BCUT2D eigenvalue weighted by Crippen LogP contribution is 2.29. The number of para-hydroxylation sites is 1. The molecule has 4 rings (SSSR count). The largest absolute Gasteiger partial charge is 0.493 e. The Morgan fingerprint density at radius 2 is 1.87 bits per heavy atom. The van der Waals surface area contributed by atoms with Gasteiger partial charge in [-0.25, -0.2) is 23.1 Å². The fraction of sp³-hybridized carbons (Fsp3) is 0.0952. The molecule has 0 spiro atoms. The van der Waals surface area contributed by atoms with Crippen LogP contribution in [-0.2, 0) is 10.0 Å². The van der Waals surface area contributed by atoms with Crippen molar-refractivity contribution in [2.75, 3.05) is 17.1 Å². The number of hydrogen-bond donors (Lipinski definition) is 2. The number of anilines is 2. The Morgan fingerprint density at radius 3 is 2.58 bits per heavy atom. The van der Waals surface area contributed by atoms with Gasteiger partial charge in [0.15, 0.2) is 17.1 Å². The van der Waals surface area contributed by atoms with Gasteiger partial charge in [-0.3, -0.25) is 4.79 Å². The molecular weight excluding hydrogens is 420 g/mol. The molecule has 158 valence electrons. The summed E-state index contributed by atoms with van der Waals surface area (Å²) in [6.45, 7) is 1.73. The van der Waals surface area contributed by atoms with Crippen LogP contribution >= 0.6 is 0 Å². The van der Waals surface area contributed by atoms with Crippen molar-refractivity contribution in [2.24, 2.45) is 0 Å². The van der Waals surface area contributed by atoms with E-state index in [1.807, 2.05) is 6.07 Å². The van der Waals surface area contributed by atoms with Gasteiger partial charge in [0.25, 0.3) is 15.9 Å². The lowest BCUT2D eigenvalue weighted by Crippen LogP contribution is -2.15. The summed E-state index contributed by atoms with van der Waals surface area (Å²) in [5.41, 5.74) is 1.51. The predicted molar refractivity (Wildman–Crippen MR) is 115 cm³/mol. The van der Waals surface area contributed by atoms with E-state index < -0.39 is 15.9 Å². The Morgan fingerprint density at radius 1 is 1.10 bits per heavy atom. The van der Waals surface area contributed by atoms with Crippen LogP contribution in [0.15, 0.2) is 70.1 Å². The van der Waals surface area contributed by atoms with Gasteiger partial charge in [-0.2, -0.15) is 0 Å². The first-order chi connectivity index (χ1) is 14.9. The zero-order valence-electron chi connectivity index (χ0n) is 16.6. The average molecular weight is 438 g/mol. The first-order valence-electron chi connectivity index (χ1n) is 9.16. The highest BCUT2D eigenvalue weighted by molar-refractivity contribution is 7.92. The van der Waals surface area contributed by atoms with Crippen LogP contribution in [0.2, 0.25) is 0 Å². The van der Waals surface area contributed by atoms with Crippen molar-refractivity contribution in [1.29, 1.82) is 0 Å². The number of fused-ring (bicyclic) bond motifs is 1. The number of hydrogen-bond acceptors (Lipinski definition) is 7. The number of sulfonamides is 1. The Labute approximate surface area is 178 Å². The Hall–Kier alpha value is -3.92. The van der Waals surface area contributed by atoms with E-state index in [2.05, 4.69) is 20.0 Å². The van der Waals surface area contributed by atoms with Crippen LogP contribution in [-0.4, -0.2) is 31.4 Å². The van der Waals surface area contributed by atoms with E-state index in [-0.39, 0.29) is 16.6 Å². The predicted octanol–water partition coefficient (Wildman–Crippen LogP) is 3.59. The third-order valence-electron chi connectivity index (χ3n) is 4.39. The number of ether oxygens (including phenoxy) is 1. The van der Waals surface area contributed by atoms with Crippen molar-refractivity contribution in [2.45, 2.75) is 11.8 Å². The average Bonchev–Trinajstić information content (AvgIpc) is 3.18. The lowest BCUT2D eigenvalue weighted by molar-refractivity contribution is 0.0998. The number of carbonyl (C=O) groups is 1. The Kier molecular flexibility index (Phi) is 5.30. The fourth-order valence-corrected chi connectivity index (χ4v) is 3.85. The van der Waals surface area contributed by atoms with E-state index in [0.717, 1.165) is 5.39 Å². The molecule has 0 atom stereocenters. The lowest BCUT2D eigenvalue weighted by Gasteiger charge is -2.08. The topological polar surface area (TPSA) is 123 Å². The number of nitrogens with one attached hydrogen (secondary N) is 2. The molecule has 2 aromatic heterocycles. The maximum Gasteiger partial charge on any atom is 0.291 e. The van der Waals surface area contributed by atoms with Crippen LogP contribution in [0.1, 0.15) is 16.2 Å². The van der Waals surface area contributed by atoms with E-state index >= 15 is 0 Å². The number of amides is 1. The molecule has 4 aromatic rings. The smallest absolute Gasteiger partial charge is 0.291 e. The van der Waals surface area contributed by atoms with Gasteiger partial charge >= 0.3 is 0 Å². The van der Waals surface area contributed by atoms with Gasteiger partial charge in [-0.05, 0) is 49.4 Å². The van der Waals surface area contributed by atoms with Crippen LogP contribution in [0.25, 0.3) is 11.0 Å². The van der Waals surface area contributed by atoms with Gasteiger partial charge < -0.3 is 14.5 Å². The molecule has 0 aliphatic rings. The van der Waals surface area contributed by atoms with Gasteiger partial charge in [-0.1, -0.05) is 12.1 Å². The number of rotatable bonds is 6. The normalized spacial score (nSPS) is 11.3. The first-order valence-corrected chi connectivity index (χ1v) is 10.6. The molecular formula is C21H18N4O5S. The first kappa shape index (κ1) is 20.4. The number of furan rings is 1. The molecule has 0 fully saturated rings. The summed E-state index contributed by atoms with van der Waals surface area (Å²) in [5, 5.41) is 3.41. The van der Waals surface area contributed by atoms with E-state index in [0.29, 0.717) is 22.7 Å². The molecule has 0 aliphatic carbocycles. The number of aryl methyl sites for hydroxylation is 1. The molecule has 0 radical (unpaired) electrons.